The lowest BCUT2D eigenvalue weighted by Crippen LogP contribution is -2.69. The van der Waals surface area contributed by atoms with Gasteiger partial charge in [0.25, 0.3) is 0 Å². The molecular formula is C4H7N3O5. The maximum atomic E-state index is 10.3. The molecular weight excluding hydrogens is 170 g/mol. The van der Waals surface area contributed by atoms with Gasteiger partial charge in [-0.3, -0.25) is 20.2 Å². The summed E-state index contributed by atoms with van der Waals surface area (Å²) < 4.78 is 0. The van der Waals surface area contributed by atoms with Crippen LogP contribution < -0.4 is 0 Å². The number of nitrogens with zero attached hydrogens (tertiary/aromatic N) is 3. The maximum Gasteiger partial charge on any atom is 0.487 e. The average Bonchev–Trinajstić information content (AvgIpc) is 1.83. The van der Waals surface area contributed by atoms with Gasteiger partial charge in [-0.05, 0) is 0 Å². The molecule has 0 N–H and O–H groups in total. The molecule has 12 heavy (non-hydrogen) atoms. The molecule has 0 bridgehead atoms. The lowest BCUT2D eigenvalue weighted by atomic mass is 10.1. The zero-order valence-electron chi connectivity index (χ0n) is 6.30. The van der Waals surface area contributed by atoms with Gasteiger partial charge >= 0.3 is 5.66 Å². The van der Waals surface area contributed by atoms with Gasteiger partial charge in [0.15, 0.2) is 13.1 Å². The SMILES string of the molecule is CON1CC([N+](=O)[O-])([N+](=O)[O-])C1. The van der Waals surface area contributed by atoms with Crippen LogP contribution in [0.4, 0.5) is 0 Å². The van der Waals surface area contributed by atoms with Gasteiger partial charge in [-0.2, -0.15) is 5.06 Å². The Bertz CT molecular complexity index is 207. The van der Waals surface area contributed by atoms with Crippen molar-refractivity contribution in [1.29, 1.82) is 0 Å². The van der Waals surface area contributed by atoms with Crippen molar-refractivity contribution in [1.82, 2.24) is 5.06 Å². The molecule has 0 saturated carbocycles. The molecule has 1 fully saturated rings. The maximum absolute atomic E-state index is 10.3. The molecule has 8 heteroatoms. The van der Waals surface area contributed by atoms with Crippen LogP contribution in [0.5, 0.6) is 0 Å². The summed E-state index contributed by atoms with van der Waals surface area (Å²) in [6.07, 6.45) is 0. The van der Waals surface area contributed by atoms with Crippen LogP contribution in [0.3, 0.4) is 0 Å². The fourth-order valence-electron chi connectivity index (χ4n) is 0.945. The van der Waals surface area contributed by atoms with Gasteiger partial charge in [0.1, 0.15) is 9.85 Å². The zero-order chi connectivity index (χ0) is 9.35. The Kier molecular flexibility index (Phi) is 1.94. The van der Waals surface area contributed by atoms with E-state index in [2.05, 4.69) is 4.84 Å². The van der Waals surface area contributed by atoms with Crippen molar-refractivity contribution in [3.8, 4) is 0 Å². The van der Waals surface area contributed by atoms with Crippen molar-refractivity contribution in [2.75, 3.05) is 20.2 Å². The Hall–Kier alpha value is -1.28. The van der Waals surface area contributed by atoms with E-state index in [1.807, 2.05) is 0 Å². The summed E-state index contributed by atoms with van der Waals surface area (Å²) in [5.41, 5.74) is -2.06. The van der Waals surface area contributed by atoms with Crippen LogP contribution >= 0.6 is 0 Å². The van der Waals surface area contributed by atoms with Gasteiger partial charge in [-0.1, -0.05) is 0 Å². The number of hydrogen-bond acceptors (Lipinski definition) is 6. The predicted octanol–water partition coefficient (Wildman–Crippen LogP) is -0.887. The van der Waals surface area contributed by atoms with Gasteiger partial charge in [0.2, 0.25) is 0 Å². The third-order valence-corrected chi connectivity index (χ3v) is 1.80. The van der Waals surface area contributed by atoms with Crippen LogP contribution in [0, 0.1) is 20.2 Å². The summed E-state index contributed by atoms with van der Waals surface area (Å²) in [5.74, 6) is 0. The van der Waals surface area contributed by atoms with Crippen LogP contribution in [-0.4, -0.2) is 40.8 Å². The standard InChI is InChI=1S/C4H7N3O5/c1-12-5-2-4(3-5,6(8)9)7(10)11/h2-3H2,1H3. The minimum absolute atomic E-state index is 0.302. The lowest BCUT2D eigenvalue weighted by Gasteiger charge is -2.33. The first-order valence-corrected chi connectivity index (χ1v) is 3.11. The van der Waals surface area contributed by atoms with Crippen LogP contribution in [0.25, 0.3) is 0 Å². The molecule has 0 amide bonds. The molecule has 1 heterocycles. The molecule has 1 aliphatic rings. The minimum Gasteiger partial charge on any atom is -0.301 e. The molecule has 1 rings (SSSR count). The summed E-state index contributed by atoms with van der Waals surface area (Å²) in [6.45, 7) is -0.604. The van der Waals surface area contributed by atoms with Crippen molar-refractivity contribution in [2.24, 2.45) is 0 Å². The normalized spacial score (nSPS) is 21.4. The molecule has 0 aromatic carbocycles. The second kappa shape index (κ2) is 2.64. The smallest absolute Gasteiger partial charge is 0.301 e. The Balaban J connectivity index is 2.69. The highest BCUT2D eigenvalue weighted by Crippen LogP contribution is 2.24. The number of hydroxylamine groups is 2. The molecule has 0 spiro atoms. The van der Waals surface area contributed by atoms with E-state index in [1.54, 1.807) is 0 Å². The second-order valence-electron chi connectivity index (χ2n) is 2.48. The fraction of sp³-hybridized carbons (Fsp3) is 1.00. The number of nitro groups is 2. The molecule has 68 valence electrons. The zero-order valence-corrected chi connectivity index (χ0v) is 6.30. The van der Waals surface area contributed by atoms with E-state index in [-0.39, 0.29) is 13.1 Å². The van der Waals surface area contributed by atoms with E-state index in [9.17, 15) is 20.2 Å². The van der Waals surface area contributed by atoms with Gasteiger partial charge in [0.05, 0.1) is 7.11 Å². The topological polar surface area (TPSA) is 98.8 Å². The van der Waals surface area contributed by atoms with Gasteiger partial charge < -0.3 is 4.84 Å². The Morgan fingerprint density at radius 3 is 2.00 bits per heavy atom. The molecule has 0 atom stereocenters. The van der Waals surface area contributed by atoms with Gasteiger partial charge in [-0.15, -0.1) is 0 Å². The van der Waals surface area contributed by atoms with E-state index in [1.165, 1.54) is 7.11 Å². The van der Waals surface area contributed by atoms with Crippen LogP contribution in [-0.2, 0) is 4.84 Å². The molecule has 0 aromatic heterocycles. The molecule has 1 aliphatic heterocycles. The third-order valence-electron chi connectivity index (χ3n) is 1.80. The highest BCUT2D eigenvalue weighted by Gasteiger charge is 2.67. The highest BCUT2D eigenvalue weighted by molar-refractivity contribution is 4.82. The molecule has 0 unspecified atom stereocenters. The average molecular weight is 177 g/mol. The first-order chi connectivity index (χ1) is 5.53. The Morgan fingerprint density at radius 2 is 1.75 bits per heavy atom. The monoisotopic (exact) mass is 177 g/mol. The Morgan fingerprint density at radius 1 is 1.33 bits per heavy atom. The van der Waals surface area contributed by atoms with Crippen molar-refractivity contribution >= 4 is 0 Å². The van der Waals surface area contributed by atoms with Crippen molar-refractivity contribution < 1.29 is 14.7 Å². The van der Waals surface area contributed by atoms with E-state index < -0.39 is 15.5 Å². The minimum atomic E-state index is -2.06. The van der Waals surface area contributed by atoms with E-state index in [0.717, 1.165) is 5.06 Å². The summed E-state index contributed by atoms with van der Waals surface area (Å²) in [7, 11) is 1.31. The molecule has 0 aliphatic carbocycles. The van der Waals surface area contributed by atoms with Crippen molar-refractivity contribution in [3.05, 3.63) is 20.2 Å². The summed E-state index contributed by atoms with van der Waals surface area (Å²) in [6, 6.07) is 0. The summed E-state index contributed by atoms with van der Waals surface area (Å²) in [5, 5.41) is 21.7. The van der Waals surface area contributed by atoms with Crippen LogP contribution in [0.1, 0.15) is 0 Å². The van der Waals surface area contributed by atoms with Gasteiger partial charge in [-0.25, -0.2) is 0 Å². The van der Waals surface area contributed by atoms with Crippen LogP contribution in [0.2, 0.25) is 0 Å². The lowest BCUT2D eigenvalue weighted by molar-refractivity contribution is -0.817. The number of hydrogen-bond donors (Lipinski definition) is 0. The number of rotatable bonds is 3. The van der Waals surface area contributed by atoms with Crippen molar-refractivity contribution in [2.45, 2.75) is 5.66 Å². The first kappa shape index (κ1) is 8.81. The molecule has 0 aromatic rings. The van der Waals surface area contributed by atoms with Gasteiger partial charge in [0, 0.05) is 0 Å². The quantitative estimate of drug-likeness (QED) is 0.315. The predicted molar refractivity (Wildman–Crippen MR) is 35.3 cm³/mol. The fourth-order valence-corrected chi connectivity index (χ4v) is 0.945. The summed E-state index contributed by atoms with van der Waals surface area (Å²) in [4.78, 5) is 23.4. The van der Waals surface area contributed by atoms with Crippen molar-refractivity contribution in [3.63, 3.8) is 0 Å². The largest absolute Gasteiger partial charge is 0.487 e. The third kappa shape index (κ3) is 1.01. The summed E-state index contributed by atoms with van der Waals surface area (Å²) >= 11 is 0. The molecule has 1 saturated heterocycles. The molecule has 8 nitrogen and oxygen atoms in total. The molecule has 0 radical (unpaired) electrons. The first-order valence-electron chi connectivity index (χ1n) is 3.11. The van der Waals surface area contributed by atoms with E-state index >= 15 is 0 Å². The van der Waals surface area contributed by atoms with E-state index in [4.69, 9.17) is 0 Å². The highest BCUT2D eigenvalue weighted by atomic mass is 16.7. The van der Waals surface area contributed by atoms with Crippen LogP contribution in [0.15, 0.2) is 0 Å². The van der Waals surface area contributed by atoms with E-state index in [0.29, 0.717) is 0 Å². The second-order valence-corrected chi connectivity index (χ2v) is 2.48. The Labute approximate surface area is 67.0 Å².